The molecule has 0 aliphatic heterocycles. The first-order valence-corrected chi connectivity index (χ1v) is 11.5. The van der Waals surface area contributed by atoms with Crippen molar-refractivity contribution >= 4 is 50.9 Å². The molecular formula is C21H22BrCl2N5O4. The minimum absolute atomic E-state index is 0.0319. The number of nitrogens with two attached hydrogens (primary N) is 1. The van der Waals surface area contributed by atoms with E-state index < -0.39 is 5.91 Å². The second kappa shape index (κ2) is 12.1. The number of amides is 1. The van der Waals surface area contributed by atoms with Gasteiger partial charge in [0.2, 0.25) is 11.5 Å². The van der Waals surface area contributed by atoms with Crippen LogP contribution in [0.25, 0.3) is 0 Å². The average molecular weight is 559 g/mol. The summed E-state index contributed by atoms with van der Waals surface area (Å²) in [6.07, 6.45) is 0. The Morgan fingerprint density at radius 2 is 1.91 bits per heavy atom. The normalized spacial score (nSPS) is 10.8. The third-order valence-corrected chi connectivity index (χ3v) is 5.90. The van der Waals surface area contributed by atoms with Crippen LogP contribution in [0.2, 0.25) is 10.0 Å². The molecule has 0 bridgehead atoms. The molecule has 0 radical (unpaired) electrons. The van der Waals surface area contributed by atoms with E-state index in [1.54, 1.807) is 12.1 Å². The molecule has 3 aromatic rings. The zero-order chi connectivity index (χ0) is 23.8. The van der Waals surface area contributed by atoms with Gasteiger partial charge in [-0.3, -0.25) is 4.79 Å². The van der Waals surface area contributed by atoms with Crippen LogP contribution in [0.4, 0.5) is 5.82 Å². The second-order valence-electron chi connectivity index (χ2n) is 6.79. The predicted octanol–water partition coefficient (Wildman–Crippen LogP) is 4.22. The van der Waals surface area contributed by atoms with Gasteiger partial charge in [0.1, 0.15) is 6.61 Å². The smallest absolute Gasteiger partial charge is 0.277 e. The molecule has 1 heterocycles. The Kier molecular flexibility index (Phi) is 9.19. The van der Waals surface area contributed by atoms with Crippen molar-refractivity contribution in [1.29, 1.82) is 0 Å². The van der Waals surface area contributed by atoms with Gasteiger partial charge in [-0.1, -0.05) is 45.2 Å². The first-order valence-electron chi connectivity index (χ1n) is 9.98. The van der Waals surface area contributed by atoms with Crippen LogP contribution in [0.3, 0.4) is 0 Å². The number of carbonyl (C=O) groups is 1. The molecule has 12 heteroatoms. The number of aromatic nitrogens is 2. The van der Waals surface area contributed by atoms with Gasteiger partial charge in [-0.2, -0.15) is 0 Å². The van der Waals surface area contributed by atoms with Crippen LogP contribution >= 0.6 is 39.1 Å². The summed E-state index contributed by atoms with van der Waals surface area (Å²) in [4.78, 5) is 11.9. The van der Waals surface area contributed by atoms with Gasteiger partial charge in [0, 0.05) is 24.1 Å². The lowest BCUT2D eigenvalue weighted by atomic mass is 10.2. The Hall–Kier alpha value is -2.53. The largest absolute Gasteiger partial charge is 0.490 e. The summed E-state index contributed by atoms with van der Waals surface area (Å²) >= 11 is 15.6. The van der Waals surface area contributed by atoms with E-state index in [-0.39, 0.29) is 11.5 Å². The van der Waals surface area contributed by atoms with Crippen LogP contribution in [0.15, 0.2) is 39.4 Å². The SMILES string of the molecule is CCOc1cc(CNCCNC(=O)c2nonc2N)c(Br)cc1OCc1ccc(Cl)c(Cl)c1. The van der Waals surface area contributed by atoms with E-state index in [1.165, 1.54) is 0 Å². The molecule has 3 rings (SSSR count). The predicted molar refractivity (Wildman–Crippen MR) is 129 cm³/mol. The van der Waals surface area contributed by atoms with Gasteiger partial charge in [0.25, 0.3) is 5.91 Å². The van der Waals surface area contributed by atoms with Crippen molar-refractivity contribution in [3.8, 4) is 11.5 Å². The molecule has 0 aliphatic rings. The number of ether oxygens (including phenoxy) is 2. The summed E-state index contributed by atoms with van der Waals surface area (Å²) in [5, 5.41) is 13.8. The maximum atomic E-state index is 11.9. The van der Waals surface area contributed by atoms with Crippen molar-refractivity contribution in [2.24, 2.45) is 0 Å². The summed E-state index contributed by atoms with van der Waals surface area (Å²) in [6, 6.07) is 9.13. The quantitative estimate of drug-likeness (QED) is 0.299. The highest BCUT2D eigenvalue weighted by atomic mass is 79.9. The van der Waals surface area contributed by atoms with Crippen LogP contribution in [0.1, 0.15) is 28.5 Å². The monoisotopic (exact) mass is 557 g/mol. The van der Waals surface area contributed by atoms with Gasteiger partial charge in [-0.25, -0.2) is 4.63 Å². The molecule has 0 aliphatic carbocycles. The maximum Gasteiger partial charge on any atom is 0.277 e. The van der Waals surface area contributed by atoms with E-state index in [0.717, 1.165) is 15.6 Å². The topological polar surface area (TPSA) is 125 Å². The Morgan fingerprint density at radius 1 is 1.12 bits per heavy atom. The second-order valence-corrected chi connectivity index (χ2v) is 8.46. The molecule has 176 valence electrons. The van der Waals surface area contributed by atoms with Crippen molar-refractivity contribution in [3.63, 3.8) is 0 Å². The Balaban J connectivity index is 1.55. The highest BCUT2D eigenvalue weighted by Crippen LogP contribution is 2.34. The number of carbonyl (C=O) groups excluding carboxylic acids is 1. The van der Waals surface area contributed by atoms with Crippen LogP contribution in [0.5, 0.6) is 11.5 Å². The van der Waals surface area contributed by atoms with E-state index in [1.807, 2.05) is 25.1 Å². The van der Waals surface area contributed by atoms with Crippen molar-refractivity contribution in [3.05, 3.63) is 61.7 Å². The number of anilines is 1. The summed E-state index contributed by atoms with van der Waals surface area (Å²) in [7, 11) is 0. The highest BCUT2D eigenvalue weighted by Gasteiger charge is 2.15. The zero-order valence-corrected chi connectivity index (χ0v) is 20.8. The number of benzene rings is 2. The summed E-state index contributed by atoms with van der Waals surface area (Å²) in [5.41, 5.74) is 7.33. The van der Waals surface area contributed by atoms with Crippen LogP contribution in [-0.4, -0.2) is 35.9 Å². The number of halogens is 3. The molecule has 0 fully saturated rings. The van der Waals surface area contributed by atoms with E-state index in [0.29, 0.717) is 54.4 Å². The first kappa shape index (κ1) is 25.1. The first-order chi connectivity index (χ1) is 15.9. The standard InChI is InChI=1S/C21H22BrCl2N5O4/c1-2-31-17-8-13(10-26-5-6-27-21(30)19-20(25)29-33-28-19)14(22)9-18(17)32-11-12-3-4-15(23)16(24)7-12/h3-4,7-9,26H,2,5-6,10-11H2,1H3,(H2,25,29)(H,27,30). The fraction of sp³-hybridized carbons (Fsp3) is 0.286. The molecule has 0 saturated heterocycles. The van der Waals surface area contributed by atoms with Gasteiger partial charge >= 0.3 is 0 Å². The third kappa shape index (κ3) is 6.97. The van der Waals surface area contributed by atoms with E-state index >= 15 is 0 Å². The molecule has 0 spiro atoms. The Labute approximate surface area is 209 Å². The van der Waals surface area contributed by atoms with Crippen molar-refractivity contribution in [2.45, 2.75) is 20.1 Å². The van der Waals surface area contributed by atoms with E-state index in [2.05, 4.69) is 41.5 Å². The molecule has 1 amide bonds. The number of nitrogens with one attached hydrogen (secondary N) is 2. The number of nitrogens with zero attached hydrogens (tertiary/aromatic N) is 2. The van der Waals surface area contributed by atoms with Gasteiger partial charge < -0.3 is 25.8 Å². The van der Waals surface area contributed by atoms with E-state index in [9.17, 15) is 4.79 Å². The molecule has 0 atom stereocenters. The van der Waals surface area contributed by atoms with Gasteiger partial charge in [-0.05, 0) is 52.6 Å². The molecule has 1 aromatic heterocycles. The van der Waals surface area contributed by atoms with Crippen molar-refractivity contribution < 1.29 is 18.9 Å². The molecule has 9 nitrogen and oxygen atoms in total. The molecule has 33 heavy (non-hydrogen) atoms. The van der Waals surface area contributed by atoms with E-state index in [4.69, 9.17) is 38.4 Å². The molecule has 4 N–H and O–H groups in total. The highest BCUT2D eigenvalue weighted by molar-refractivity contribution is 9.10. The molecule has 2 aromatic carbocycles. The Morgan fingerprint density at radius 3 is 2.61 bits per heavy atom. The van der Waals surface area contributed by atoms with Gasteiger partial charge in [-0.15, -0.1) is 0 Å². The fourth-order valence-electron chi connectivity index (χ4n) is 2.81. The number of nitrogen functional groups attached to an aromatic ring is 1. The Bertz CT molecular complexity index is 1110. The number of rotatable bonds is 11. The van der Waals surface area contributed by atoms with Gasteiger partial charge in [0.15, 0.2) is 11.5 Å². The molecule has 0 unspecified atom stereocenters. The molecular weight excluding hydrogens is 537 g/mol. The summed E-state index contributed by atoms with van der Waals surface area (Å²) in [6.45, 7) is 4.13. The number of hydrogen-bond acceptors (Lipinski definition) is 8. The fourth-order valence-corrected chi connectivity index (χ4v) is 3.59. The van der Waals surface area contributed by atoms with Crippen LogP contribution in [0, 0.1) is 0 Å². The number of hydrogen-bond donors (Lipinski definition) is 3. The lowest BCUT2D eigenvalue weighted by molar-refractivity contribution is 0.0944. The van der Waals surface area contributed by atoms with Crippen LogP contribution < -0.4 is 25.8 Å². The lowest BCUT2D eigenvalue weighted by Crippen LogP contribution is -2.32. The lowest BCUT2D eigenvalue weighted by Gasteiger charge is -2.16. The summed E-state index contributed by atoms with van der Waals surface area (Å²) in [5.74, 6) is 0.734. The maximum absolute atomic E-state index is 11.9. The molecule has 0 saturated carbocycles. The summed E-state index contributed by atoms with van der Waals surface area (Å²) < 4.78 is 17.0. The van der Waals surface area contributed by atoms with Crippen LogP contribution in [-0.2, 0) is 13.2 Å². The minimum Gasteiger partial charge on any atom is -0.490 e. The van der Waals surface area contributed by atoms with Crippen molar-refractivity contribution in [1.82, 2.24) is 20.9 Å². The van der Waals surface area contributed by atoms with Crippen molar-refractivity contribution in [2.75, 3.05) is 25.4 Å². The third-order valence-electron chi connectivity index (χ3n) is 4.42. The minimum atomic E-state index is -0.446. The zero-order valence-electron chi connectivity index (χ0n) is 17.7. The van der Waals surface area contributed by atoms with Gasteiger partial charge in [0.05, 0.1) is 16.7 Å². The average Bonchev–Trinajstić information content (AvgIpc) is 3.22.